The maximum Gasteiger partial charge on any atom is 0.259 e. The van der Waals surface area contributed by atoms with E-state index in [0.717, 1.165) is 6.42 Å². The van der Waals surface area contributed by atoms with Gasteiger partial charge in [-0.2, -0.15) is 0 Å². The second-order valence-electron chi connectivity index (χ2n) is 5.10. The van der Waals surface area contributed by atoms with Crippen LogP contribution in [0.2, 0.25) is 0 Å². The van der Waals surface area contributed by atoms with Gasteiger partial charge in [-0.15, -0.1) is 0 Å². The Labute approximate surface area is 119 Å². The number of rotatable bonds is 5. The summed E-state index contributed by atoms with van der Waals surface area (Å²) in [6, 6.07) is -0.374. The van der Waals surface area contributed by atoms with Crippen molar-refractivity contribution < 1.29 is 13.2 Å². The minimum atomic E-state index is -3.67. The Kier molecular flexibility index (Phi) is 4.14. The van der Waals surface area contributed by atoms with Crippen LogP contribution >= 0.6 is 0 Å². The predicted octanol–water partition coefficient (Wildman–Crippen LogP) is 0.0177. The number of sulfonamides is 1. The molecule has 1 atom stereocenters. The molecule has 7 nitrogen and oxygen atoms in total. The Hall–Kier alpha value is -1.41. The van der Waals surface area contributed by atoms with E-state index in [0.29, 0.717) is 18.9 Å². The van der Waals surface area contributed by atoms with E-state index in [1.807, 2.05) is 6.92 Å². The number of hydrogen-bond acceptors (Lipinski definition) is 4. The van der Waals surface area contributed by atoms with Gasteiger partial charge in [0, 0.05) is 38.8 Å². The number of hydrogen-bond donors (Lipinski definition) is 1. The lowest BCUT2D eigenvalue weighted by molar-refractivity contribution is -0.127. The van der Waals surface area contributed by atoms with Crippen LogP contribution in [0.1, 0.15) is 25.6 Å². The van der Waals surface area contributed by atoms with Gasteiger partial charge in [0.25, 0.3) is 10.0 Å². The third kappa shape index (κ3) is 3.01. The molecule has 8 heteroatoms. The SMILES string of the molecule is CCCN1CC(NS(=O)(=O)c2cn(C)c(C)n2)CC1=O. The molecule has 112 valence electrons. The first-order chi connectivity index (χ1) is 9.33. The second kappa shape index (κ2) is 5.53. The second-order valence-corrected chi connectivity index (χ2v) is 6.76. The summed E-state index contributed by atoms with van der Waals surface area (Å²) < 4.78 is 28.6. The smallest absolute Gasteiger partial charge is 0.259 e. The van der Waals surface area contributed by atoms with E-state index in [4.69, 9.17) is 0 Å². The van der Waals surface area contributed by atoms with Gasteiger partial charge in [-0.25, -0.2) is 18.1 Å². The largest absolute Gasteiger partial charge is 0.341 e. The molecule has 1 aromatic heterocycles. The number of amides is 1. The van der Waals surface area contributed by atoms with Crippen LogP contribution in [0.3, 0.4) is 0 Å². The summed E-state index contributed by atoms with van der Waals surface area (Å²) >= 11 is 0. The lowest BCUT2D eigenvalue weighted by Gasteiger charge is -2.15. The zero-order valence-electron chi connectivity index (χ0n) is 12.0. The minimum Gasteiger partial charge on any atom is -0.341 e. The van der Waals surface area contributed by atoms with Crippen LogP contribution in [-0.4, -0.2) is 47.9 Å². The Morgan fingerprint density at radius 3 is 2.75 bits per heavy atom. The van der Waals surface area contributed by atoms with Crippen molar-refractivity contribution in [2.45, 2.75) is 37.8 Å². The summed E-state index contributed by atoms with van der Waals surface area (Å²) in [5.41, 5.74) is 0. The maximum atomic E-state index is 12.2. The van der Waals surface area contributed by atoms with Gasteiger partial charge in [0.2, 0.25) is 5.91 Å². The molecule has 1 unspecified atom stereocenters. The summed E-state index contributed by atoms with van der Waals surface area (Å²) in [5.74, 6) is 0.622. The molecule has 2 rings (SSSR count). The normalized spacial score (nSPS) is 19.9. The zero-order valence-corrected chi connectivity index (χ0v) is 12.8. The van der Waals surface area contributed by atoms with Gasteiger partial charge in [0.1, 0.15) is 5.82 Å². The van der Waals surface area contributed by atoms with Gasteiger partial charge in [-0.05, 0) is 13.3 Å². The molecule has 1 N–H and O–H groups in total. The Morgan fingerprint density at radius 2 is 2.20 bits per heavy atom. The number of likely N-dealkylation sites (tertiary alicyclic amines) is 1. The molecule has 1 fully saturated rings. The van der Waals surface area contributed by atoms with Crippen LogP contribution in [0.15, 0.2) is 11.2 Å². The Balaban J connectivity index is 2.08. The maximum absolute atomic E-state index is 12.2. The highest BCUT2D eigenvalue weighted by molar-refractivity contribution is 7.89. The number of nitrogens with zero attached hydrogens (tertiary/aromatic N) is 3. The standard InChI is InChI=1S/C12H20N4O3S/c1-4-5-16-7-10(6-12(16)17)14-20(18,19)11-8-15(3)9(2)13-11/h8,10,14H,4-7H2,1-3H3. The topological polar surface area (TPSA) is 84.3 Å². The highest BCUT2D eigenvalue weighted by Gasteiger charge is 2.32. The van der Waals surface area contributed by atoms with Crippen molar-refractivity contribution in [3.63, 3.8) is 0 Å². The monoisotopic (exact) mass is 300 g/mol. The third-order valence-corrected chi connectivity index (χ3v) is 4.78. The van der Waals surface area contributed by atoms with E-state index < -0.39 is 10.0 Å². The highest BCUT2D eigenvalue weighted by Crippen LogP contribution is 2.15. The number of carbonyl (C=O) groups excluding carboxylic acids is 1. The summed E-state index contributed by atoms with van der Waals surface area (Å²) in [6.45, 7) is 4.82. The van der Waals surface area contributed by atoms with Crippen molar-refractivity contribution in [2.75, 3.05) is 13.1 Å². The first-order valence-electron chi connectivity index (χ1n) is 6.63. The van der Waals surface area contributed by atoms with E-state index >= 15 is 0 Å². The van der Waals surface area contributed by atoms with Gasteiger partial charge < -0.3 is 9.47 Å². The molecular formula is C12H20N4O3S. The summed E-state index contributed by atoms with van der Waals surface area (Å²) in [7, 11) is -1.93. The van der Waals surface area contributed by atoms with Crippen molar-refractivity contribution in [3.05, 3.63) is 12.0 Å². The molecule has 2 heterocycles. The Bertz CT molecular complexity index is 589. The molecule has 0 aromatic carbocycles. The fraction of sp³-hybridized carbons (Fsp3) is 0.667. The molecule has 1 amide bonds. The van der Waals surface area contributed by atoms with Crippen molar-refractivity contribution in [3.8, 4) is 0 Å². The van der Waals surface area contributed by atoms with Gasteiger partial charge in [-0.1, -0.05) is 6.92 Å². The van der Waals surface area contributed by atoms with E-state index in [1.165, 1.54) is 6.20 Å². The first kappa shape index (κ1) is 15.0. The third-order valence-electron chi connectivity index (χ3n) is 3.39. The fourth-order valence-electron chi connectivity index (χ4n) is 2.27. The van der Waals surface area contributed by atoms with Crippen LogP contribution in [0, 0.1) is 6.92 Å². The minimum absolute atomic E-state index is 0.00103. The predicted molar refractivity (Wildman–Crippen MR) is 73.5 cm³/mol. The van der Waals surface area contributed by atoms with Crippen molar-refractivity contribution in [1.29, 1.82) is 0 Å². The molecule has 0 saturated carbocycles. The number of imidazole rings is 1. The fourth-order valence-corrected chi connectivity index (χ4v) is 3.54. The molecule has 1 saturated heterocycles. The molecule has 0 spiro atoms. The van der Waals surface area contributed by atoms with E-state index in [-0.39, 0.29) is 23.4 Å². The van der Waals surface area contributed by atoms with Crippen molar-refractivity contribution in [1.82, 2.24) is 19.2 Å². The number of aromatic nitrogens is 2. The molecule has 0 aliphatic carbocycles. The summed E-state index contributed by atoms with van der Waals surface area (Å²) in [5, 5.41) is -0.00103. The molecule has 1 aromatic rings. The Morgan fingerprint density at radius 1 is 1.50 bits per heavy atom. The van der Waals surface area contributed by atoms with Crippen molar-refractivity contribution >= 4 is 15.9 Å². The van der Waals surface area contributed by atoms with Crippen LogP contribution in [0.5, 0.6) is 0 Å². The van der Waals surface area contributed by atoms with Gasteiger partial charge in [0.05, 0.1) is 0 Å². The number of aryl methyl sites for hydroxylation is 2. The molecule has 0 radical (unpaired) electrons. The van der Waals surface area contributed by atoms with Crippen LogP contribution < -0.4 is 4.72 Å². The van der Waals surface area contributed by atoms with Gasteiger partial charge in [-0.3, -0.25) is 4.79 Å². The highest BCUT2D eigenvalue weighted by atomic mass is 32.2. The van der Waals surface area contributed by atoms with E-state index in [1.54, 1.807) is 23.4 Å². The number of nitrogens with one attached hydrogen (secondary N) is 1. The van der Waals surface area contributed by atoms with Crippen molar-refractivity contribution in [2.24, 2.45) is 7.05 Å². The van der Waals surface area contributed by atoms with E-state index in [9.17, 15) is 13.2 Å². The summed E-state index contributed by atoms with van der Waals surface area (Å²) in [4.78, 5) is 17.4. The summed E-state index contributed by atoms with van der Waals surface area (Å²) in [6.07, 6.45) is 2.55. The van der Waals surface area contributed by atoms with E-state index in [2.05, 4.69) is 9.71 Å². The lowest BCUT2D eigenvalue weighted by atomic mass is 10.3. The average Bonchev–Trinajstić information content (AvgIpc) is 2.84. The molecule has 0 bridgehead atoms. The molecule has 1 aliphatic rings. The zero-order chi connectivity index (χ0) is 14.9. The lowest BCUT2D eigenvalue weighted by Crippen LogP contribution is -2.37. The quantitative estimate of drug-likeness (QED) is 0.830. The molecule has 1 aliphatic heterocycles. The van der Waals surface area contributed by atoms with Crippen LogP contribution in [0.25, 0.3) is 0 Å². The van der Waals surface area contributed by atoms with Crippen LogP contribution in [0.4, 0.5) is 0 Å². The van der Waals surface area contributed by atoms with Gasteiger partial charge in [0.15, 0.2) is 5.03 Å². The van der Waals surface area contributed by atoms with Gasteiger partial charge >= 0.3 is 0 Å². The average molecular weight is 300 g/mol. The van der Waals surface area contributed by atoms with Crippen LogP contribution in [-0.2, 0) is 21.9 Å². The first-order valence-corrected chi connectivity index (χ1v) is 8.12. The number of carbonyl (C=O) groups is 1. The molecule has 20 heavy (non-hydrogen) atoms. The molecular weight excluding hydrogens is 280 g/mol.